The highest BCUT2D eigenvalue weighted by Gasteiger charge is 2.12. The minimum absolute atomic E-state index is 0.179. The smallest absolute Gasteiger partial charge is 0.255 e. The number of ether oxygens (including phenoxy) is 1. The number of fused-ring (bicyclic) bond motifs is 1. The summed E-state index contributed by atoms with van der Waals surface area (Å²) in [6.07, 6.45) is 9.03. The number of nitrogens with one attached hydrogen (secondary N) is 1. The number of aryl methyl sites for hydroxylation is 1. The molecule has 0 aliphatic heterocycles. The van der Waals surface area contributed by atoms with Gasteiger partial charge in [0.15, 0.2) is 0 Å². The van der Waals surface area contributed by atoms with Gasteiger partial charge in [0.05, 0.1) is 17.8 Å². The van der Waals surface area contributed by atoms with Gasteiger partial charge in [-0.25, -0.2) is 4.98 Å². The zero-order chi connectivity index (χ0) is 16.9. The maximum Gasteiger partial charge on any atom is 0.255 e. The first-order valence-electron chi connectivity index (χ1n) is 7.55. The van der Waals surface area contributed by atoms with E-state index in [0.29, 0.717) is 11.3 Å². The number of nitrogens with zero attached hydrogens (tertiary/aromatic N) is 2. The van der Waals surface area contributed by atoms with Gasteiger partial charge in [0.25, 0.3) is 5.91 Å². The molecule has 0 bridgehead atoms. The number of rotatable bonds is 5. The maximum atomic E-state index is 12.1. The van der Waals surface area contributed by atoms with Crippen molar-refractivity contribution in [3.63, 3.8) is 0 Å². The highest BCUT2D eigenvalue weighted by atomic mass is 16.5. The first-order chi connectivity index (χ1) is 11.7. The highest BCUT2D eigenvalue weighted by Crippen LogP contribution is 2.19. The van der Waals surface area contributed by atoms with Gasteiger partial charge in [-0.1, -0.05) is 24.1 Å². The number of imidazole rings is 1. The van der Waals surface area contributed by atoms with E-state index >= 15 is 0 Å². The van der Waals surface area contributed by atoms with Crippen molar-refractivity contribution in [3.05, 3.63) is 65.6 Å². The van der Waals surface area contributed by atoms with Gasteiger partial charge >= 0.3 is 0 Å². The van der Waals surface area contributed by atoms with Crippen molar-refractivity contribution in [2.24, 2.45) is 0 Å². The Balaban J connectivity index is 1.77. The Labute approximate surface area is 140 Å². The fourth-order valence-electron chi connectivity index (χ4n) is 2.43. The molecule has 0 atom stereocenters. The Morgan fingerprint density at radius 2 is 2.17 bits per heavy atom. The highest BCUT2D eigenvalue weighted by molar-refractivity contribution is 5.97. The lowest BCUT2D eigenvalue weighted by Gasteiger charge is -2.09. The van der Waals surface area contributed by atoms with Gasteiger partial charge < -0.3 is 14.5 Å². The van der Waals surface area contributed by atoms with Crippen LogP contribution in [0.2, 0.25) is 0 Å². The molecule has 1 N–H and O–H groups in total. The summed E-state index contributed by atoms with van der Waals surface area (Å²) in [6.45, 7) is 2.47. The number of terminal acetylenes is 1. The van der Waals surface area contributed by atoms with Crippen molar-refractivity contribution in [1.29, 1.82) is 0 Å². The van der Waals surface area contributed by atoms with Crippen LogP contribution in [0.15, 0.2) is 48.8 Å². The van der Waals surface area contributed by atoms with E-state index in [2.05, 4.69) is 16.2 Å². The Hall–Kier alpha value is -3.26. The number of benzene rings is 1. The number of amides is 1. The number of hydrogen-bond donors (Lipinski definition) is 1. The zero-order valence-corrected chi connectivity index (χ0v) is 13.3. The molecule has 120 valence electrons. The van der Waals surface area contributed by atoms with Crippen LogP contribution in [0, 0.1) is 19.3 Å². The molecule has 5 nitrogen and oxygen atoms in total. The molecule has 3 aromatic rings. The van der Waals surface area contributed by atoms with E-state index in [-0.39, 0.29) is 19.1 Å². The normalized spacial score (nSPS) is 10.3. The van der Waals surface area contributed by atoms with Gasteiger partial charge in [-0.15, -0.1) is 6.42 Å². The third-order valence-electron chi connectivity index (χ3n) is 3.59. The summed E-state index contributed by atoms with van der Waals surface area (Å²) < 4.78 is 7.76. The van der Waals surface area contributed by atoms with Crippen LogP contribution in [-0.4, -0.2) is 21.8 Å². The molecule has 0 saturated heterocycles. The summed E-state index contributed by atoms with van der Waals surface area (Å²) in [5, 5.41) is 2.64. The fourth-order valence-corrected chi connectivity index (χ4v) is 2.43. The topological polar surface area (TPSA) is 55.6 Å². The lowest BCUT2D eigenvalue weighted by Crippen LogP contribution is -2.24. The summed E-state index contributed by atoms with van der Waals surface area (Å²) in [7, 11) is 0. The predicted octanol–water partition coefficient (Wildman–Crippen LogP) is 2.58. The van der Waals surface area contributed by atoms with E-state index in [4.69, 9.17) is 11.2 Å². The van der Waals surface area contributed by atoms with Crippen LogP contribution in [0.25, 0.3) is 5.65 Å². The SMILES string of the molecule is C#CCNC(=O)c1ccccc1OCc1cn2cccc(C)c2n1. The van der Waals surface area contributed by atoms with Crippen molar-refractivity contribution in [2.75, 3.05) is 6.54 Å². The number of hydrogen-bond acceptors (Lipinski definition) is 3. The van der Waals surface area contributed by atoms with Gasteiger partial charge in [0.2, 0.25) is 0 Å². The monoisotopic (exact) mass is 319 g/mol. The van der Waals surface area contributed by atoms with Crippen LogP contribution in [0.5, 0.6) is 5.75 Å². The van der Waals surface area contributed by atoms with Crippen molar-refractivity contribution in [2.45, 2.75) is 13.5 Å². The largest absolute Gasteiger partial charge is 0.486 e. The van der Waals surface area contributed by atoms with E-state index in [0.717, 1.165) is 16.9 Å². The third-order valence-corrected chi connectivity index (χ3v) is 3.59. The Morgan fingerprint density at radius 3 is 2.96 bits per heavy atom. The summed E-state index contributed by atoms with van der Waals surface area (Å²) in [6, 6.07) is 11.0. The Morgan fingerprint density at radius 1 is 1.33 bits per heavy atom. The molecule has 0 fully saturated rings. The van der Waals surface area contributed by atoms with Gasteiger partial charge in [-0.2, -0.15) is 0 Å². The van der Waals surface area contributed by atoms with Crippen LogP contribution in [0.3, 0.4) is 0 Å². The zero-order valence-electron chi connectivity index (χ0n) is 13.3. The second-order valence-electron chi connectivity index (χ2n) is 5.33. The van der Waals surface area contributed by atoms with Gasteiger partial charge in [0, 0.05) is 12.4 Å². The molecule has 0 saturated carbocycles. The van der Waals surface area contributed by atoms with Gasteiger partial charge in [-0.3, -0.25) is 4.79 Å². The van der Waals surface area contributed by atoms with E-state index in [1.807, 2.05) is 41.9 Å². The lowest BCUT2D eigenvalue weighted by atomic mass is 10.2. The predicted molar refractivity (Wildman–Crippen MR) is 91.9 cm³/mol. The van der Waals surface area contributed by atoms with Crippen LogP contribution in [-0.2, 0) is 6.61 Å². The standard InChI is InChI=1S/C19H17N3O2/c1-3-10-20-19(23)16-8-4-5-9-17(16)24-13-15-12-22-11-6-7-14(2)18(22)21-15/h1,4-9,11-12H,10,13H2,2H3,(H,20,23). The van der Waals surface area contributed by atoms with Crippen LogP contribution in [0.4, 0.5) is 0 Å². The molecule has 0 unspecified atom stereocenters. The van der Waals surface area contributed by atoms with Crippen molar-refractivity contribution in [3.8, 4) is 18.1 Å². The molecular formula is C19H17N3O2. The number of para-hydroxylation sites is 1. The Kier molecular flexibility index (Phi) is 4.48. The molecule has 0 spiro atoms. The molecule has 3 rings (SSSR count). The summed E-state index contributed by atoms with van der Waals surface area (Å²) in [5.41, 5.74) is 3.24. The number of carbonyl (C=O) groups excluding carboxylic acids is 1. The molecule has 0 aliphatic carbocycles. The number of pyridine rings is 1. The maximum absolute atomic E-state index is 12.1. The minimum atomic E-state index is -0.255. The molecule has 0 aliphatic rings. The number of carbonyl (C=O) groups is 1. The third kappa shape index (κ3) is 3.23. The quantitative estimate of drug-likeness (QED) is 0.736. The van der Waals surface area contributed by atoms with Crippen LogP contribution >= 0.6 is 0 Å². The van der Waals surface area contributed by atoms with Crippen molar-refractivity contribution >= 4 is 11.6 Å². The molecule has 24 heavy (non-hydrogen) atoms. The Bertz CT molecular complexity index is 922. The average molecular weight is 319 g/mol. The second-order valence-corrected chi connectivity index (χ2v) is 5.33. The molecule has 2 heterocycles. The summed E-state index contributed by atoms with van der Waals surface area (Å²) >= 11 is 0. The first kappa shape index (κ1) is 15.6. The molecule has 2 aromatic heterocycles. The first-order valence-corrected chi connectivity index (χ1v) is 7.55. The van der Waals surface area contributed by atoms with E-state index < -0.39 is 0 Å². The van der Waals surface area contributed by atoms with Crippen LogP contribution in [0.1, 0.15) is 21.6 Å². The van der Waals surface area contributed by atoms with Gasteiger partial charge in [-0.05, 0) is 30.7 Å². The van der Waals surface area contributed by atoms with Crippen LogP contribution < -0.4 is 10.1 Å². The fraction of sp³-hybridized carbons (Fsp3) is 0.158. The van der Waals surface area contributed by atoms with E-state index in [9.17, 15) is 4.79 Å². The molecule has 0 radical (unpaired) electrons. The van der Waals surface area contributed by atoms with Crippen molar-refractivity contribution < 1.29 is 9.53 Å². The molecule has 1 amide bonds. The lowest BCUT2D eigenvalue weighted by molar-refractivity contribution is 0.0954. The van der Waals surface area contributed by atoms with E-state index in [1.165, 1.54) is 0 Å². The van der Waals surface area contributed by atoms with E-state index in [1.54, 1.807) is 18.2 Å². The molecule has 1 aromatic carbocycles. The summed E-state index contributed by atoms with van der Waals surface area (Å²) in [4.78, 5) is 16.7. The minimum Gasteiger partial charge on any atom is -0.486 e. The average Bonchev–Trinajstić information content (AvgIpc) is 3.03. The van der Waals surface area contributed by atoms with Gasteiger partial charge in [0.1, 0.15) is 18.0 Å². The molecule has 5 heteroatoms. The number of aromatic nitrogens is 2. The molecular weight excluding hydrogens is 302 g/mol. The summed E-state index contributed by atoms with van der Waals surface area (Å²) in [5.74, 6) is 2.63. The second kappa shape index (κ2) is 6.88. The van der Waals surface area contributed by atoms with Crippen molar-refractivity contribution in [1.82, 2.24) is 14.7 Å².